The van der Waals surface area contributed by atoms with Crippen LogP contribution in [0.25, 0.3) is 0 Å². The van der Waals surface area contributed by atoms with Crippen LogP contribution in [0.3, 0.4) is 0 Å². The van der Waals surface area contributed by atoms with Crippen molar-refractivity contribution in [1.29, 1.82) is 0 Å². The molecule has 0 amide bonds. The zero-order chi connectivity index (χ0) is 18.1. The summed E-state index contributed by atoms with van der Waals surface area (Å²) >= 11 is 0. The van der Waals surface area contributed by atoms with Gasteiger partial charge in [-0.15, -0.1) is 0 Å². The van der Waals surface area contributed by atoms with Gasteiger partial charge in [0.05, 0.1) is 33.0 Å². The Bertz CT molecular complexity index is 440. The van der Waals surface area contributed by atoms with E-state index in [2.05, 4.69) is 0 Å². The van der Waals surface area contributed by atoms with E-state index in [1.807, 2.05) is 27.7 Å². The van der Waals surface area contributed by atoms with Gasteiger partial charge in [-0.2, -0.15) is 0 Å². The van der Waals surface area contributed by atoms with Gasteiger partial charge in [0.15, 0.2) is 17.9 Å². The smallest absolute Gasteiger partial charge is 0.190 e. The summed E-state index contributed by atoms with van der Waals surface area (Å²) in [6, 6.07) is 0. The molecular weight excluding hydrogens is 332 g/mol. The first-order chi connectivity index (χ1) is 11.8. The number of fused-ring (bicyclic) bond motifs is 3. The van der Waals surface area contributed by atoms with Crippen molar-refractivity contribution in [2.24, 2.45) is 0 Å². The molecule has 0 bridgehead atoms. The Hall–Kier alpha value is -0.320. The summed E-state index contributed by atoms with van der Waals surface area (Å²) in [5, 5.41) is 0. The van der Waals surface area contributed by atoms with Crippen molar-refractivity contribution in [3.8, 4) is 0 Å². The summed E-state index contributed by atoms with van der Waals surface area (Å²) in [6.07, 6.45) is -1.59. The minimum Gasteiger partial charge on any atom is -0.382 e. The zero-order valence-electron chi connectivity index (χ0n) is 15.7. The molecule has 0 radical (unpaired) electrons. The molecule has 5 atom stereocenters. The maximum atomic E-state index is 6.06. The summed E-state index contributed by atoms with van der Waals surface area (Å²) in [5.74, 6) is -1.40. The number of methoxy groups -OCH3 is 1. The van der Waals surface area contributed by atoms with Crippen molar-refractivity contribution < 1.29 is 37.9 Å². The van der Waals surface area contributed by atoms with E-state index in [1.165, 1.54) is 0 Å². The lowest BCUT2D eigenvalue weighted by Crippen LogP contribution is -2.56. The molecule has 146 valence electrons. The van der Waals surface area contributed by atoms with Gasteiger partial charge >= 0.3 is 0 Å². The highest BCUT2D eigenvalue weighted by atomic mass is 16.9. The van der Waals surface area contributed by atoms with E-state index in [0.717, 1.165) is 0 Å². The van der Waals surface area contributed by atoms with E-state index in [4.69, 9.17) is 37.9 Å². The molecule has 0 aromatic carbocycles. The minimum atomic E-state index is -0.707. The standard InChI is InChI=1S/C17H30O8/c1-16(2)22-12-11(10-20-9-8-19-7-6-18-5)21-15-14(13(12)23-16)24-17(3,4)25-15/h11-15H,6-10H2,1-5H3. The van der Waals surface area contributed by atoms with Crippen molar-refractivity contribution in [3.05, 3.63) is 0 Å². The molecule has 3 fully saturated rings. The van der Waals surface area contributed by atoms with Crippen LogP contribution in [0.5, 0.6) is 0 Å². The second kappa shape index (κ2) is 7.74. The first kappa shape index (κ1) is 19.4. The first-order valence-electron chi connectivity index (χ1n) is 8.82. The Morgan fingerprint density at radius 1 is 0.720 bits per heavy atom. The lowest BCUT2D eigenvalue weighted by molar-refractivity contribution is -0.243. The Kier molecular flexibility index (Phi) is 6.02. The molecule has 0 aromatic heterocycles. The third-order valence-corrected chi connectivity index (χ3v) is 4.34. The van der Waals surface area contributed by atoms with Crippen LogP contribution in [-0.4, -0.2) is 82.4 Å². The molecule has 8 nitrogen and oxygen atoms in total. The van der Waals surface area contributed by atoms with Crippen molar-refractivity contribution in [2.45, 2.75) is 70.0 Å². The second-order valence-electron chi connectivity index (χ2n) is 7.39. The van der Waals surface area contributed by atoms with Crippen LogP contribution in [0.1, 0.15) is 27.7 Å². The molecule has 3 aliphatic rings. The van der Waals surface area contributed by atoms with Gasteiger partial charge in [0.1, 0.15) is 24.4 Å². The summed E-state index contributed by atoms with van der Waals surface area (Å²) in [7, 11) is 1.64. The highest BCUT2D eigenvalue weighted by Gasteiger charge is 2.60. The van der Waals surface area contributed by atoms with Crippen molar-refractivity contribution in [3.63, 3.8) is 0 Å². The lowest BCUT2D eigenvalue weighted by atomic mass is 9.99. The van der Waals surface area contributed by atoms with Crippen molar-refractivity contribution in [2.75, 3.05) is 40.1 Å². The van der Waals surface area contributed by atoms with Gasteiger partial charge in [0.2, 0.25) is 0 Å². The molecule has 5 unspecified atom stereocenters. The van der Waals surface area contributed by atoms with Crippen LogP contribution in [0, 0.1) is 0 Å². The van der Waals surface area contributed by atoms with Crippen LogP contribution in [0.4, 0.5) is 0 Å². The first-order valence-corrected chi connectivity index (χ1v) is 8.82. The lowest BCUT2D eigenvalue weighted by Gasteiger charge is -2.37. The van der Waals surface area contributed by atoms with E-state index in [-0.39, 0.29) is 24.4 Å². The molecule has 0 spiro atoms. The molecule has 0 aliphatic carbocycles. The largest absolute Gasteiger partial charge is 0.382 e. The van der Waals surface area contributed by atoms with Gasteiger partial charge in [-0.25, -0.2) is 0 Å². The van der Waals surface area contributed by atoms with E-state index >= 15 is 0 Å². The van der Waals surface area contributed by atoms with Crippen LogP contribution in [0.2, 0.25) is 0 Å². The molecule has 3 saturated heterocycles. The van der Waals surface area contributed by atoms with E-state index in [0.29, 0.717) is 33.0 Å². The number of rotatable bonds is 8. The molecule has 25 heavy (non-hydrogen) atoms. The fourth-order valence-electron chi connectivity index (χ4n) is 3.39. The quantitative estimate of drug-likeness (QED) is 0.594. The van der Waals surface area contributed by atoms with Crippen LogP contribution in [0.15, 0.2) is 0 Å². The molecule has 0 aromatic rings. The van der Waals surface area contributed by atoms with Crippen LogP contribution in [-0.2, 0) is 37.9 Å². The topological polar surface area (TPSA) is 73.8 Å². The molecule has 3 rings (SSSR count). The van der Waals surface area contributed by atoms with Gasteiger partial charge in [-0.1, -0.05) is 0 Å². The maximum absolute atomic E-state index is 6.06. The zero-order valence-corrected chi connectivity index (χ0v) is 15.7. The molecule has 0 saturated carbocycles. The van der Waals surface area contributed by atoms with Gasteiger partial charge in [-0.05, 0) is 27.7 Å². The average Bonchev–Trinajstić information content (AvgIpc) is 3.00. The van der Waals surface area contributed by atoms with E-state index in [9.17, 15) is 0 Å². The molecule has 8 heteroatoms. The van der Waals surface area contributed by atoms with E-state index in [1.54, 1.807) is 7.11 Å². The minimum absolute atomic E-state index is 0.248. The van der Waals surface area contributed by atoms with Gasteiger partial charge in [-0.3, -0.25) is 0 Å². The number of hydrogen-bond donors (Lipinski definition) is 0. The fraction of sp³-hybridized carbons (Fsp3) is 1.00. The summed E-state index contributed by atoms with van der Waals surface area (Å²) in [6.45, 7) is 10.0. The SMILES string of the molecule is COCCOCCOCC1OC2OC(C)(C)OC2C2OC(C)(C)OC12. The molecule has 3 heterocycles. The van der Waals surface area contributed by atoms with Gasteiger partial charge < -0.3 is 37.9 Å². The number of hydrogen-bond acceptors (Lipinski definition) is 8. The third-order valence-electron chi connectivity index (χ3n) is 4.34. The average molecular weight is 362 g/mol. The predicted molar refractivity (Wildman–Crippen MR) is 86.0 cm³/mol. The Morgan fingerprint density at radius 3 is 2.08 bits per heavy atom. The van der Waals surface area contributed by atoms with Crippen molar-refractivity contribution >= 4 is 0 Å². The molecular formula is C17H30O8. The van der Waals surface area contributed by atoms with Crippen LogP contribution < -0.4 is 0 Å². The normalized spacial score (nSPS) is 38.5. The predicted octanol–water partition coefficient (Wildman–Crippen LogP) is 1.06. The maximum Gasteiger partial charge on any atom is 0.190 e. The second-order valence-corrected chi connectivity index (χ2v) is 7.39. The summed E-state index contributed by atoms with van der Waals surface area (Å²) in [4.78, 5) is 0. The Morgan fingerprint density at radius 2 is 1.32 bits per heavy atom. The van der Waals surface area contributed by atoms with Crippen molar-refractivity contribution in [1.82, 2.24) is 0 Å². The fourth-order valence-corrected chi connectivity index (χ4v) is 3.39. The Labute approximate surface area is 148 Å². The molecule has 3 aliphatic heterocycles. The monoisotopic (exact) mass is 362 g/mol. The summed E-state index contributed by atoms with van der Waals surface area (Å²) in [5.41, 5.74) is 0. The highest BCUT2D eigenvalue weighted by Crippen LogP contribution is 2.44. The summed E-state index contributed by atoms with van der Waals surface area (Å²) < 4.78 is 46.0. The molecule has 0 N–H and O–H groups in total. The van der Waals surface area contributed by atoms with Gasteiger partial charge in [0, 0.05) is 7.11 Å². The third kappa shape index (κ3) is 4.70. The highest BCUT2D eigenvalue weighted by molar-refractivity contribution is 5.00. The van der Waals surface area contributed by atoms with Gasteiger partial charge in [0.25, 0.3) is 0 Å². The van der Waals surface area contributed by atoms with Crippen LogP contribution >= 0.6 is 0 Å². The number of ether oxygens (including phenoxy) is 8. The van der Waals surface area contributed by atoms with E-state index < -0.39 is 17.9 Å². The Balaban J connectivity index is 1.53.